The summed E-state index contributed by atoms with van der Waals surface area (Å²) in [5.74, 6) is 0. The van der Waals surface area contributed by atoms with Crippen molar-refractivity contribution in [1.82, 2.24) is 0 Å². The van der Waals surface area contributed by atoms with Crippen LogP contribution >= 0.6 is 26.4 Å². The first-order chi connectivity index (χ1) is 6.24. The van der Waals surface area contributed by atoms with E-state index in [1.54, 1.807) is 7.11 Å². The standard InChI is InChI=1S/C2H7OP.C2H7P.CH5O2P.CH4O.6CH4.H2O.3W.2Y/c1-3-4-2;1-3-2;1-3-4-2;1-2;;;;;;;;;;;;/h4H,1-2H3;3H,1-2H3;2,4H,1H3;2H,1H3;6*1H4;1H2;;;;;. The molecule has 0 aromatic carbocycles. The molecule has 0 aliphatic rings. The zero-order chi connectivity index (χ0) is 11.5. The average Bonchev–Trinajstić information content (AvgIpc) is 2.22. The molecule has 166 valence electrons. The molecule has 4 N–H and O–H groups in total. The number of aliphatic hydroxyl groups is 1. The number of aliphatic hydroxyl groups excluding tert-OH is 1. The van der Waals surface area contributed by atoms with E-state index in [1.807, 2.05) is 6.66 Å². The van der Waals surface area contributed by atoms with Gasteiger partial charge in [0.15, 0.2) is 9.03 Å². The van der Waals surface area contributed by atoms with Crippen molar-refractivity contribution >= 4 is 26.4 Å². The summed E-state index contributed by atoms with van der Waals surface area (Å²) in [6, 6.07) is 0. The minimum absolute atomic E-state index is 0. The second-order valence-electron chi connectivity index (χ2n) is 1.20. The number of hydrogen-bond donors (Lipinski definition) is 2. The normalized spacial score (nSPS) is 4.32. The Balaban J connectivity index is -0.00000000270. The van der Waals surface area contributed by atoms with Gasteiger partial charge in [0.2, 0.25) is 0 Å². The molecule has 0 spiro atoms. The first kappa shape index (κ1) is 127. The third-order valence-electron chi connectivity index (χ3n) is 0.295. The summed E-state index contributed by atoms with van der Waals surface area (Å²) in [4.78, 5) is 7.68. The first-order valence-corrected chi connectivity index (χ1v) is 7.66. The van der Waals surface area contributed by atoms with Crippen molar-refractivity contribution in [2.75, 3.05) is 41.3 Å². The van der Waals surface area contributed by atoms with Crippen LogP contribution in [0.15, 0.2) is 0 Å². The molecule has 0 fully saturated rings. The van der Waals surface area contributed by atoms with E-state index in [-0.39, 0.29) is 188 Å². The molecule has 0 saturated heterocycles. The Kier molecular flexibility index (Phi) is 1120. The summed E-state index contributed by atoms with van der Waals surface area (Å²) in [7, 11) is 5.50. The van der Waals surface area contributed by atoms with Gasteiger partial charge in [-0.2, -0.15) is 0 Å². The van der Waals surface area contributed by atoms with Crippen LogP contribution in [-0.4, -0.2) is 56.8 Å². The smallest absolute Gasteiger partial charge is 0.151 e. The Labute approximate surface area is 261 Å². The van der Waals surface area contributed by atoms with Crippen LogP contribution < -0.4 is 0 Å². The van der Waals surface area contributed by atoms with Crippen LogP contribution in [0.2, 0.25) is 0 Å². The van der Waals surface area contributed by atoms with Gasteiger partial charge < -0.3 is 24.5 Å². The third-order valence-corrected chi connectivity index (χ3v) is 0.886. The molecule has 0 aromatic heterocycles. The van der Waals surface area contributed by atoms with Gasteiger partial charge in [-0.25, -0.2) is 0 Å². The van der Waals surface area contributed by atoms with Gasteiger partial charge in [0.1, 0.15) is 0 Å². The number of hydrogen-bond acceptors (Lipinski definition) is 4. The van der Waals surface area contributed by atoms with E-state index < -0.39 is 0 Å². The average molecular weight is 1100 g/mol. The summed E-state index contributed by atoms with van der Waals surface area (Å²) in [6.45, 7) is 6.29. The Morgan fingerprint density at radius 2 is 0.720 bits per heavy atom. The van der Waals surface area contributed by atoms with Gasteiger partial charge in [-0.05, 0) is 20.0 Å². The van der Waals surface area contributed by atoms with Crippen molar-refractivity contribution < 1.29 is 153 Å². The largest absolute Gasteiger partial charge is 0.412 e. The minimum atomic E-state index is -0.360. The fourth-order valence-corrected chi connectivity index (χ4v) is 0. The minimum Gasteiger partial charge on any atom is -0.412 e. The molecule has 0 heterocycles. The fourth-order valence-electron chi connectivity index (χ4n) is 0. The van der Waals surface area contributed by atoms with Crippen molar-refractivity contribution in [3.63, 3.8) is 0 Å². The van der Waals surface area contributed by atoms with Crippen molar-refractivity contribution in [3.05, 3.63) is 0 Å². The van der Waals surface area contributed by atoms with Crippen molar-refractivity contribution in [1.29, 1.82) is 0 Å². The van der Waals surface area contributed by atoms with Gasteiger partial charge in [0, 0.05) is 159 Å². The van der Waals surface area contributed by atoms with Crippen LogP contribution in [0, 0.1) is 0 Å². The van der Waals surface area contributed by atoms with Gasteiger partial charge in [-0.1, -0.05) is 44.6 Å². The first-order valence-electron chi connectivity index (χ1n) is 3.40. The van der Waals surface area contributed by atoms with E-state index in [0.717, 1.165) is 15.7 Å². The van der Waals surface area contributed by atoms with Crippen LogP contribution in [0.1, 0.15) is 44.6 Å². The zero-order valence-electron chi connectivity index (χ0n) is 12.1. The molecule has 5 nitrogen and oxygen atoms in total. The maximum absolute atomic E-state index is 7.68. The molecular formula is C12H49O5P3W3Y2. The maximum atomic E-state index is 7.68. The zero-order valence-corrected chi connectivity index (χ0v) is 29.6. The second kappa shape index (κ2) is 220. The van der Waals surface area contributed by atoms with Crippen molar-refractivity contribution in [2.45, 2.75) is 44.6 Å². The molecule has 2 radical (unpaired) electrons. The predicted molar refractivity (Wildman–Crippen MR) is 111 cm³/mol. The Hall–Kier alpha value is 5.36. The predicted octanol–water partition coefficient (Wildman–Crippen LogP) is 4.50. The maximum Gasteiger partial charge on any atom is 0.151 e. The van der Waals surface area contributed by atoms with Gasteiger partial charge in [-0.15, -0.1) is 8.58 Å². The Bertz CT molecular complexity index is 65.2. The Morgan fingerprint density at radius 3 is 0.720 bits per heavy atom. The third kappa shape index (κ3) is 406. The van der Waals surface area contributed by atoms with E-state index >= 15 is 0 Å². The van der Waals surface area contributed by atoms with Crippen molar-refractivity contribution in [2.24, 2.45) is 0 Å². The van der Waals surface area contributed by atoms with Crippen molar-refractivity contribution in [3.8, 4) is 0 Å². The van der Waals surface area contributed by atoms with Gasteiger partial charge in [-0.3, -0.25) is 0 Å². The molecular weight excluding hydrogens is 1050 g/mol. The summed E-state index contributed by atoms with van der Waals surface area (Å²) in [6.07, 6.45) is 0. The van der Waals surface area contributed by atoms with E-state index in [0.29, 0.717) is 8.81 Å². The second-order valence-corrected chi connectivity index (χ2v) is 3.61. The molecule has 0 saturated carbocycles. The van der Waals surface area contributed by atoms with Gasteiger partial charge >= 0.3 is 0 Å². The summed E-state index contributed by atoms with van der Waals surface area (Å²) >= 11 is 0. The van der Waals surface area contributed by atoms with Crippen LogP contribution in [-0.2, 0) is 138 Å². The molecule has 0 aliphatic heterocycles. The molecule has 0 aliphatic carbocycles. The SMILES string of the molecule is C.C.C.C.C.C.CO.COPC.COPO.CPC.O.[W].[W].[W].[Y].[Y]. The molecule has 2 unspecified atom stereocenters. The Morgan fingerprint density at radius 1 is 0.640 bits per heavy atom. The topological polar surface area (TPSA) is 90.4 Å². The molecule has 0 bridgehead atoms. The summed E-state index contributed by atoms with van der Waals surface area (Å²) in [5.41, 5.74) is 0. The summed E-state index contributed by atoms with van der Waals surface area (Å²) in [5, 5.41) is 7.00. The van der Waals surface area contributed by atoms with Crippen LogP contribution in [0.4, 0.5) is 0 Å². The fraction of sp³-hybridized carbons (Fsp3) is 1.00. The molecule has 13 heteroatoms. The van der Waals surface area contributed by atoms with E-state index in [1.165, 1.54) is 7.11 Å². The monoisotopic (exact) mass is 1100 g/mol. The van der Waals surface area contributed by atoms with E-state index in [2.05, 4.69) is 22.4 Å². The molecule has 0 aromatic rings. The van der Waals surface area contributed by atoms with Crippen LogP contribution in [0.3, 0.4) is 0 Å². The van der Waals surface area contributed by atoms with Gasteiger partial charge in [0.05, 0.1) is 0 Å². The van der Waals surface area contributed by atoms with Crippen LogP contribution in [0.25, 0.3) is 0 Å². The quantitative estimate of drug-likeness (QED) is 0.400. The molecule has 2 atom stereocenters. The number of rotatable bonds is 2. The van der Waals surface area contributed by atoms with Crippen LogP contribution in [0.5, 0.6) is 0 Å². The summed E-state index contributed by atoms with van der Waals surface area (Å²) < 4.78 is 8.69. The van der Waals surface area contributed by atoms with E-state index in [4.69, 9.17) is 10.00 Å². The molecule has 0 rings (SSSR count). The van der Waals surface area contributed by atoms with Gasteiger partial charge in [0.25, 0.3) is 0 Å². The molecule has 25 heavy (non-hydrogen) atoms. The van der Waals surface area contributed by atoms with E-state index in [9.17, 15) is 0 Å². The molecule has 0 amide bonds.